The Morgan fingerprint density at radius 1 is 1.50 bits per heavy atom. The Balaban J connectivity index is 2.16. The summed E-state index contributed by atoms with van der Waals surface area (Å²) in [6.07, 6.45) is 0. The van der Waals surface area contributed by atoms with Crippen molar-refractivity contribution >= 4 is 5.91 Å². The second kappa shape index (κ2) is 6.45. The molecular weight excluding hydrogens is 256 g/mol. The fourth-order valence-electron chi connectivity index (χ4n) is 1.62. The maximum absolute atomic E-state index is 12.1. The smallest absolute Gasteiger partial charge is 0.252 e. The highest BCUT2D eigenvalue weighted by Gasteiger charge is 2.11. The third kappa shape index (κ3) is 3.40. The van der Waals surface area contributed by atoms with Gasteiger partial charge >= 0.3 is 0 Å². The molecule has 0 aliphatic rings. The Morgan fingerprint density at radius 3 is 3.05 bits per heavy atom. The van der Waals surface area contributed by atoms with E-state index in [2.05, 4.69) is 37.8 Å². The van der Waals surface area contributed by atoms with Crippen molar-refractivity contribution in [3.05, 3.63) is 40.7 Å². The Morgan fingerprint density at radius 2 is 2.35 bits per heavy atom. The number of aromatic nitrogens is 4. The number of carbonyl (C=O) groups excluding carboxylic acids is 1. The number of hydrogen-bond acceptors (Lipinski definition) is 5. The first-order chi connectivity index (χ1) is 9.70. The summed E-state index contributed by atoms with van der Waals surface area (Å²) < 4.78 is 0. The molecule has 1 amide bonds. The third-order valence-corrected chi connectivity index (χ3v) is 2.54. The number of amides is 1. The van der Waals surface area contributed by atoms with Crippen LogP contribution in [-0.2, 0) is 6.54 Å². The van der Waals surface area contributed by atoms with E-state index in [1.165, 1.54) is 0 Å². The molecular formula is C13H14N6O. The molecule has 7 nitrogen and oxygen atoms in total. The van der Waals surface area contributed by atoms with Crippen LogP contribution in [0.5, 0.6) is 0 Å². The molecule has 2 rings (SSSR count). The van der Waals surface area contributed by atoms with E-state index in [4.69, 9.17) is 5.73 Å². The normalized spacial score (nSPS) is 9.70. The average Bonchev–Trinajstić information content (AvgIpc) is 2.96. The standard InChI is InChI=1S/C13H14N6O/c1-9-4-5-11(10(7-9)3-2-6-14)13(20)15-8-12-16-18-19-17-12/h4-5,7H,6,8,14H2,1H3,(H,15,20)(H,16,17,18,19). The molecule has 20 heavy (non-hydrogen) atoms. The van der Waals surface area contributed by atoms with E-state index in [1.807, 2.05) is 19.1 Å². The summed E-state index contributed by atoms with van der Waals surface area (Å²) in [5, 5.41) is 16.0. The summed E-state index contributed by atoms with van der Waals surface area (Å²) >= 11 is 0. The number of nitrogens with zero attached hydrogens (tertiary/aromatic N) is 3. The van der Waals surface area contributed by atoms with Crippen molar-refractivity contribution in [3.8, 4) is 11.8 Å². The summed E-state index contributed by atoms with van der Waals surface area (Å²) in [5.41, 5.74) is 7.54. The SMILES string of the molecule is Cc1ccc(C(=O)NCc2nn[nH]n2)c(C#CCN)c1. The lowest BCUT2D eigenvalue weighted by Gasteiger charge is -2.06. The van der Waals surface area contributed by atoms with Gasteiger partial charge in [-0.1, -0.05) is 23.1 Å². The van der Waals surface area contributed by atoms with Crippen LogP contribution in [0.1, 0.15) is 27.3 Å². The number of aromatic amines is 1. The number of aryl methyl sites for hydroxylation is 1. The molecule has 1 aromatic heterocycles. The van der Waals surface area contributed by atoms with Crippen molar-refractivity contribution in [2.24, 2.45) is 5.73 Å². The van der Waals surface area contributed by atoms with Crippen LogP contribution in [0.25, 0.3) is 0 Å². The minimum Gasteiger partial charge on any atom is -0.345 e. The van der Waals surface area contributed by atoms with Crippen LogP contribution >= 0.6 is 0 Å². The number of H-pyrrole nitrogens is 1. The molecule has 0 bridgehead atoms. The van der Waals surface area contributed by atoms with E-state index in [9.17, 15) is 4.79 Å². The third-order valence-electron chi connectivity index (χ3n) is 2.54. The van der Waals surface area contributed by atoms with E-state index >= 15 is 0 Å². The lowest BCUT2D eigenvalue weighted by atomic mass is 10.0. The lowest BCUT2D eigenvalue weighted by Crippen LogP contribution is -2.24. The van der Waals surface area contributed by atoms with Crippen molar-refractivity contribution < 1.29 is 4.79 Å². The monoisotopic (exact) mass is 270 g/mol. The van der Waals surface area contributed by atoms with Crippen LogP contribution < -0.4 is 11.1 Å². The number of carbonyl (C=O) groups is 1. The van der Waals surface area contributed by atoms with E-state index in [0.29, 0.717) is 17.0 Å². The molecule has 0 saturated heterocycles. The molecule has 0 atom stereocenters. The number of nitrogens with two attached hydrogens (primary N) is 1. The molecule has 4 N–H and O–H groups in total. The number of hydrogen-bond donors (Lipinski definition) is 3. The zero-order valence-electron chi connectivity index (χ0n) is 11.0. The second-order valence-corrected chi connectivity index (χ2v) is 4.07. The Bertz CT molecular complexity index is 653. The largest absolute Gasteiger partial charge is 0.345 e. The molecule has 0 aliphatic carbocycles. The summed E-state index contributed by atoms with van der Waals surface area (Å²) in [6.45, 7) is 2.39. The maximum atomic E-state index is 12.1. The van der Waals surface area contributed by atoms with Gasteiger partial charge in [-0.25, -0.2) is 0 Å². The van der Waals surface area contributed by atoms with Gasteiger partial charge in [0, 0.05) is 5.56 Å². The van der Waals surface area contributed by atoms with Gasteiger partial charge in [-0.3, -0.25) is 4.79 Å². The van der Waals surface area contributed by atoms with Crippen molar-refractivity contribution in [3.63, 3.8) is 0 Å². The highest BCUT2D eigenvalue weighted by Crippen LogP contribution is 2.11. The van der Waals surface area contributed by atoms with Gasteiger partial charge in [0.05, 0.1) is 18.7 Å². The molecule has 0 aliphatic heterocycles. The number of nitrogens with one attached hydrogen (secondary N) is 2. The zero-order valence-corrected chi connectivity index (χ0v) is 11.0. The van der Waals surface area contributed by atoms with Crippen LogP contribution in [0.3, 0.4) is 0 Å². The molecule has 7 heteroatoms. The minimum atomic E-state index is -0.240. The number of rotatable bonds is 3. The number of tetrazole rings is 1. The minimum absolute atomic E-state index is 0.201. The Labute approximate surface area is 116 Å². The molecule has 0 radical (unpaired) electrons. The predicted molar refractivity (Wildman–Crippen MR) is 72.5 cm³/mol. The van der Waals surface area contributed by atoms with Gasteiger partial charge in [-0.15, -0.1) is 10.2 Å². The van der Waals surface area contributed by atoms with Gasteiger partial charge in [0.15, 0.2) is 5.82 Å². The summed E-state index contributed by atoms with van der Waals surface area (Å²) in [6, 6.07) is 5.45. The topological polar surface area (TPSA) is 110 Å². The molecule has 0 fully saturated rings. The molecule has 102 valence electrons. The van der Waals surface area contributed by atoms with E-state index in [1.54, 1.807) is 6.07 Å². The van der Waals surface area contributed by atoms with Gasteiger partial charge in [0.1, 0.15) is 0 Å². The van der Waals surface area contributed by atoms with Crippen LogP contribution in [-0.4, -0.2) is 33.1 Å². The van der Waals surface area contributed by atoms with Crippen molar-refractivity contribution in [1.82, 2.24) is 25.9 Å². The van der Waals surface area contributed by atoms with Crippen LogP contribution in [0, 0.1) is 18.8 Å². The van der Waals surface area contributed by atoms with Gasteiger partial charge in [0.2, 0.25) is 0 Å². The van der Waals surface area contributed by atoms with Crippen LogP contribution in [0.4, 0.5) is 0 Å². The highest BCUT2D eigenvalue weighted by molar-refractivity contribution is 5.96. The second-order valence-electron chi connectivity index (χ2n) is 4.07. The molecule has 0 spiro atoms. The van der Waals surface area contributed by atoms with Gasteiger partial charge in [0.25, 0.3) is 5.91 Å². The zero-order chi connectivity index (χ0) is 14.4. The van der Waals surface area contributed by atoms with Crippen molar-refractivity contribution in [2.45, 2.75) is 13.5 Å². The molecule has 0 unspecified atom stereocenters. The van der Waals surface area contributed by atoms with Gasteiger partial charge in [-0.05, 0) is 24.6 Å². The van der Waals surface area contributed by atoms with E-state index < -0.39 is 0 Å². The van der Waals surface area contributed by atoms with Crippen LogP contribution in [0.2, 0.25) is 0 Å². The quantitative estimate of drug-likeness (QED) is 0.666. The first kappa shape index (κ1) is 13.7. The first-order valence-corrected chi connectivity index (χ1v) is 6.01. The molecule has 1 heterocycles. The van der Waals surface area contributed by atoms with E-state index in [-0.39, 0.29) is 19.0 Å². The predicted octanol–water partition coefficient (Wildman–Crippen LogP) is -0.252. The summed E-state index contributed by atoms with van der Waals surface area (Å²) in [7, 11) is 0. The summed E-state index contributed by atoms with van der Waals surface area (Å²) in [4.78, 5) is 12.1. The lowest BCUT2D eigenvalue weighted by molar-refractivity contribution is 0.0949. The fraction of sp³-hybridized carbons (Fsp3) is 0.231. The van der Waals surface area contributed by atoms with Crippen molar-refractivity contribution in [2.75, 3.05) is 6.54 Å². The van der Waals surface area contributed by atoms with Crippen LogP contribution in [0.15, 0.2) is 18.2 Å². The highest BCUT2D eigenvalue weighted by atomic mass is 16.1. The molecule has 1 aromatic carbocycles. The molecule has 0 saturated carbocycles. The Kier molecular flexibility index (Phi) is 4.42. The Hall–Kier alpha value is -2.72. The first-order valence-electron chi connectivity index (χ1n) is 6.01. The van der Waals surface area contributed by atoms with Gasteiger partial charge < -0.3 is 11.1 Å². The average molecular weight is 270 g/mol. The maximum Gasteiger partial charge on any atom is 0.252 e. The van der Waals surface area contributed by atoms with E-state index in [0.717, 1.165) is 5.56 Å². The summed E-state index contributed by atoms with van der Waals surface area (Å²) in [5.74, 6) is 5.83. The van der Waals surface area contributed by atoms with Crippen molar-refractivity contribution in [1.29, 1.82) is 0 Å². The number of benzene rings is 1. The van der Waals surface area contributed by atoms with Gasteiger partial charge in [-0.2, -0.15) is 5.21 Å². The molecule has 2 aromatic rings. The fourth-order valence-corrected chi connectivity index (χ4v) is 1.62.